The third kappa shape index (κ3) is 3.06. The van der Waals surface area contributed by atoms with Crippen molar-refractivity contribution >= 4 is 34.2 Å². The lowest BCUT2D eigenvalue weighted by molar-refractivity contribution is 0.415. The van der Waals surface area contributed by atoms with Gasteiger partial charge in [0.25, 0.3) is 5.95 Å². The van der Waals surface area contributed by atoms with E-state index in [-0.39, 0.29) is 0 Å². The number of aryl methyl sites for hydroxylation is 1. The molecule has 2 aromatic heterocycles. The monoisotopic (exact) mass is 346 g/mol. The molecule has 0 unspecified atom stereocenters. The van der Waals surface area contributed by atoms with Crippen LogP contribution in [0.3, 0.4) is 0 Å². The lowest BCUT2D eigenvalue weighted by atomic mass is 10.1. The molecule has 0 radical (unpaired) electrons. The van der Waals surface area contributed by atoms with Gasteiger partial charge >= 0.3 is 0 Å². The van der Waals surface area contributed by atoms with E-state index in [1.54, 1.807) is 13.3 Å². The number of nitrogens with one attached hydrogen (secondary N) is 2. The summed E-state index contributed by atoms with van der Waals surface area (Å²) in [5, 5.41) is 13.6. The summed E-state index contributed by atoms with van der Waals surface area (Å²) in [5.41, 5.74) is 7.45. The van der Waals surface area contributed by atoms with Crippen molar-refractivity contribution in [3.63, 3.8) is 0 Å². The molecule has 0 bridgehead atoms. The highest BCUT2D eigenvalue weighted by atomic mass is 16.5. The Morgan fingerprint density at radius 1 is 1.15 bits per heavy atom. The first-order chi connectivity index (χ1) is 12.8. The number of hydrogen-bond donors (Lipinski definition) is 2. The van der Waals surface area contributed by atoms with Gasteiger partial charge in [0.15, 0.2) is 5.65 Å². The second-order valence-corrected chi connectivity index (χ2v) is 5.83. The number of rotatable bonds is 5. The quantitative estimate of drug-likeness (QED) is 0.426. The van der Waals surface area contributed by atoms with Gasteiger partial charge in [0.05, 0.1) is 13.3 Å². The molecule has 130 valence electrons. The summed E-state index contributed by atoms with van der Waals surface area (Å²) in [6, 6.07) is 13.8. The topological polar surface area (TPSA) is 88.1 Å². The minimum atomic E-state index is 0.338. The Kier molecular flexibility index (Phi) is 4.18. The highest BCUT2D eigenvalue weighted by Crippen LogP contribution is 2.23. The van der Waals surface area contributed by atoms with Crippen molar-refractivity contribution in [3.05, 3.63) is 53.6 Å². The van der Waals surface area contributed by atoms with E-state index in [1.165, 1.54) is 5.56 Å². The zero-order valence-electron chi connectivity index (χ0n) is 14.5. The number of methoxy groups -OCH3 is 1. The van der Waals surface area contributed by atoms with Gasteiger partial charge in [-0.05, 0) is 53.9 Å². The van der Waals surface area contributed by atoms with Gasteiger partial charge in [-0.15, -0.1) is 10.2 Å². The third-order valence-corrected chi connectivity index (χ3v) is 4.18. The van der Waals surface area contributed by atoms with Crippen molar-refractivity contribution < 1.29 is 4.74 Å². The molecule has 0 aliphatic heterocycles. The molecule has 0 saturated carbocycles. The molecule has 0 spiro atoms. The van der Waals surface area contributed by atoms with Gasteiger partial charge < -0.3 is 9.72 Å². The van der Waals surface area contributed by atoms with Crippen molar-refractivity contribution in [2.24, 2.45) is 5.10 Å². The van der Waals surface area contributed by atoms with E-state index in [2.05, 4.69) is 49.7 Å². The molecule has 0 aliphatic carbocycles. The van der Waals surface area contributed by atoms with Crippen LogP contribution in [0.4, 0.5) is 5.95 Å². The molecule has 4 rings (SSSR count). The number of benzene rings is 2. The number of anilines is 1. The van der Waals surface area contributed by atoms with Crippen molar-refractivity contribution in [1.82, 2.24) is 20.2 Å². The zero-order chi connectivity index (χ0) is 17.9. The average Bonchev–Trinajstić information content (AvgIpc) is 3.05. The number of aromatic amines is 1. The van der Waals surface area contributed by atoms with E-state index in [0.29, 0.717) is 11.6 Å². The molecule has 4 aromatic rings. The lowest BCUT2D eigenvalue weighted by Crippen LogP contribution is -1.99. The van der Waals surface area contributed by atoms with Crippen LogP contribution in [0.15, 0.2) is 47.6 Å². The lowest BCUT2D eigenvalue weighted by Gasteiger charge is -1.99. The number of nitrogens with zero attached hydrogens (tertiary/aromatic N) is 4. The predicted molar refractivity (Wildman–Crippen MR) is 103 cm³/mol. The normalized spacial score (nSPS) is 11.5. The van der Waals surface area contributed by atoms with Gasteiger partial charge in [-0.25, -0.2) is 5.43 Å². The number of H-pyrrole nitrogens is 1. The van der Waals surface area contributed by atoms with Gasteiger partial charge in [-0.3, -0.25) is 0 Å². The Labute approximate surface area is 150 Å². The van der Waals surface area contributed by atoms with Gasteiger partial charge in [0.1, 0.15) is 11.3 Å². The smallest absolute Gasteiger partial charge is 0.265 e. The largest absolute Gasteiger partial charge is 0.497 e. The van der Waals surface area contributed by atoms with Gasteiger partial charge in [-0.2, -0.15) is 10.1 Å². The Morgan fingerprint density at radius 3 is 2.77 bits per heavy atom. The van der Waals surface area contributed by atoms with Crippen LogP contribution in [-0.4, -0.2) is 33.5 Å². The highest BCUT2D eigenvalue weighted by Gasteiger charge is 2.09. The fourth-order valence-corrected chi connectivity index (χ4v) is 2.74. The minimum Gasteiger partial charge on any atom is -0.497 e. The molecular formula is C19H18N6O. The van der Waals surface area contributed by atoms with Gasteiger partial charge in [0.2, 0.25) is 0 Å². The van der Waals surface area contributed by atoms with Crippen molar-refractivity contribution in [2.45, 2.75) is 13.3 Å². The van der Waals surface area contributed by atoms with Crippen LogP contribution in [0.5, 0.6) is 5.75 Å². The molecule has 7 nitrogen and oxygen atoms in total. The summed E-state index contributed by atoms with van der Waals surface area (Å²) >= 11 is 0. The van der Waals surface area contributed by atoms with E-state index in [1.807, 2.05) is 30.3 Å². The molecule has 2 heterocycles. The summed E-state index contributed by atoms with van der Waals surface area (Å²) in [6.45, 7) is 2.13. The van der Waals surface area contributed by atoms with E-state index in [9.17, 15) is 0 Å². The van der Waals surface area contributed by atoms with Crippen LogP contribution in [-0.2, 0) is 6.42 Å². The van der Waals surface area contributed by atoms with Crippen molar-refractivity contribution in [3.8, 4) is 5.75 Å². The summed E-state index contributed by atoms with van der Waals surface area (Å²) in [5.74, 6) is 1.14. The second-order valence-electron chi connectivity index (χ2n) is 5.83. The molecule has 2 aromatic carbocycles. The Bertz CT molecular complexity index is 1080. The maximum atomic E-state index is 5.13. The van der Waals surface area contributed by atoms with Gasteiger partial charge in [-0.1, -0.05) is 13.0 Å². The molecule has 0 atom stereocenters. The van der Waals surface area contributed by atoms with E-state index in [0.717, 1.165) is 34.2 Å². The van der Waals surface area contributed by atoms with Crippen LogP contribution >= 0.6 is 0 Å². The first-order valence-corrected chi connectivity index (χ1v) is 8.35. The predicted octanol–water partition coefficient (Wildman–Crippen LogP) is 3.52. The summed E-state index contributed by atoms with van der Waals surface area (Å²) in [4.78, 5) is 7.72. The summed E-state index contributed by atoms with van der Waals surface area (Å²) in [6.07, 6.45) is 2.66. The number of hydrazone groups is 1. The number of aromatic nitrogens is 4. The maximum Gasteiger partial charge on any atom is 0.265 e. The minimum absolute atomic E-state index is 0.338. The van der Waals surface area contributed by atoms with Crippen LogP contribution < -0.4 is 10.2 Å². The highest BCUT2D eigenvalue weighted by molar-refractivity contribution is 6.03. The molecule has 2 N–H and O–H groups in total. The Morgan fingerprint density at radius 2 is 2.00 bits per heavy atom. The van der Waals surface area contributed by atoms with Gasteiger partial charge in [0, 0.05) is 10.9 Å². The number of ether oxygens (including phenoxy) is 1. The first kappa shape index (κ1) is 16.0. The van der Waals surface area contributed by atoms with Crippen molar-refractivity contribution in [2.75, 3.05) is 12.5 Å². The first-order valence-electron chi connectivity index (χ1n) is 8.35. The van der Waals surface area contributed by atoms with E-state index in [4.69, 9.17) is 4.74 Å². The zero-order valence-corrected chi connectivity index (χ0v) is 14.5. The second kappa shape index (κ2) is 6.79. The summed E-state index contributed by atoms with van der Waals surface area (Å²) in [7, 11) is 1.64. The molecule has 7 heteroatoms. The average molecular weight is 346 g/mol. The molecule has 0 amide bonds. The van der Waals surface area contributed by atoms with Crippen molar-refractivity contribution in [1.29, 1.82) is 0 Å². The van der Waals surface area contributed by atoms with E-state index < -0.39 is 0 Å². The van der Waals surface area contributed by atoms with Crippen LogP contribution in [0.1, 0.15) is 18.1 Å². The SMILES string of the molecule is CCc1ccc2[nH]c3nc(N/N=C\c4ccc(OC)cc4)nnc3c2c1. The Balaban J connectivity index is 1.56. The fourth-order valence-electron chi connectivity index (χ4n) is 2.74. The van der Waals surface area contributed by atoms with E-state index >= 15 is 0 Å². The van der Waals surface area contributed by atoms with Crippen LogP contribution in [0.25, 0.3) is 22.1 Å². The molecule has 0 aliphatic rings. The maximum absolute atomic E-state index is 5.13. The van der Waals surface area contributed by atoms with Crippen LogP contribution in [0, 0.1) is 0 Å². The Hall–Kier alpha value is -3.48. The third-order valence-electron chi connectivity index (χ3n) is 4.18. The van der Waals surface area contributed by atoms with Crippen LogP contribution in [0.2, 0.25) is 0 Å². The molecule has 0 saturated heterocycles. The standard InChI is InChI=1S/C19H18N6O/c1-3-12-6-9-16-15(10-12)17-18(21-16)22-19(25-23-17)24-20-11-13-4-7-14(26-2)8-5-13/h4-11H,3H2,1-2H3,(H2,21,22,24,25)/b20-11-. The summed E-state index contributed by atoms with van der Waals surface area (Å²) < 4.78 is 5.13. The molecular weight excluding hydrogens is 328 g/mol. The fraction of sp³-hybridized carbons (Fsp3) is 0.158. The number of hydrogen-bond acceptors (Lipinski definition) is 6. The molecule has 26 heavy (non-hydrogen) atoms. The number of fused-ring (bicyclic) bond motifs is 3. The molecule has 0 fully saturated rings.